The van der Waals surface area contributed by atoms with Gasteiger partial charge in [-0.15, -0.1) is 0 Å². The maximum absolute atomic E-state index is 13.4. The predicted octanol–water partition coefficient (Wildman–Crippen LogP) is 1.40. The first-order valence-corrected chi connectivity index (χ1v) is 20.9. The molecular formula is C42H50N10O9. The Balaban J connectivity index is 0.836. The molecule has 5 aliphatic heterocycles. The van der Waals surface area contributed by atoms with Crippen molar-refractivity contribution in [2.45, 2.75) is 51.1 Å². The second kappa shape index (κ2) is 18.1. The number of carbonyl (C=O) groups is 7. The Bertz CT molecular complexity index is 2210. The quantitative estimate of drug-likeness (QED) is 0.141. The lowest BCUT2D eigenvalue weighted by Crippen LogP contribution is -2.54. The van der Waals surface area contributed by atoms with Crippen LogP contribution in [0.2, 0.25) is 0 Å². The number of nitrogens with two attached hydrogens (primary N) is 1. The van der Waals surface area contributed by atoms with Gasteiger partial charge in [-0.3, -0.25) is 48.7 Å². The number of ether oxygens (including phenoxy) is 1. The number of morpholine rings is 1. The van der Waals surface area contributed by atoms with Gasteiger partial charge in [0.15, 0.2) is 5.69 Å². The summed E-state index contributed by atoms with van der Waals surface area (Å²) < 4.78 is 11.0. The fraction of sp³-hybridized carbons (Fsp3) is 0.476. The third-order valence-electron chi connectivity index (χ3n) is 12.0. The Kier molecular flexibility index (Phi) is 12.3. The molecule has 5 aliphatic rings. The zero-order chi connectivity index (χ0) is 42.6. The van der Waals surface area contributed by atoms with Crippen LogP contribution in [0.25, 0.3) is 0 Å². The fourth-order valence-corrected chi connectivity index (χ4v) is 8.60. The molecule has 0 bridgehead atoms. The molecule has 1 unspecified atom stereocenters. The standard InChI is InChI=1S/C42H50N10O9/c43-37(55)27-10-13-49(14-11-27)33-23-26(6-7-29(33)45-38(56)31-25-61-42(46-31)51-19-21-60-22-20-51)24-48-15-17-50(18-16-48)35(54)5-2-12-44-30-4-1-3-28-36(30)41(59)52(40(28)58)32-8-9-34(53)47-39(32)57/h1,3-4,6-7,23,25,27,32,44H,2,5,8-22,24H2,(H2,43,55)(H,45,56)(H,47,53,57). The molecule has 4 fully saturated rings. The minimum absolute atomic E-state index is 0.0287. The minimum atomic E-state index is -1.05. The Morgan fingerprint density at radius 2 is 1.64 bits per heavy atom. The molecule has 19 nitrogen and oxygen atoms in total. The summed E-state index contributed by atoms with van der Waals surface area (Å²) in [5, 5.41) is 8.45. The highest BCUT2D eigenvalue weighted by Gasteiger charge is 2.45. The van der Waals surface area contributed by atoms with Gasteiger partial charge in [0.05, 0.1) is 35.7 Å². The molecule has 0 aliphatic carbocycles. The van der Waals surface area contributed by atoms with Crippen molar-refractivity contribution in [2.75, 3.05) is 92.5 Å². The van der Waals surface area contributed by atoms with Crippen molar-refractivity contribution in [3.8, 4) is 0 Å². The van der Waals surface area contributed by atoms with Gasteiger partial charge in [0, 0.05) is 89.9 Å². The summed E-state index contributed by atoms with van der Waals surface area (Å²) >= 11 is 0. The lowest BCUT2D eigenvalue weighted by molar-refractivity contribution is -0.136. The van der Waals surface area contributed by atoms with Gasteiger partial charge in [0.25, 0.3) is 23.7 Å². The Morgan fingerprint density at radius 3 is 2.38 bits per heavy atom. The van der Waals surface area contributed by atoms with Crippen LogP contribution in [-0.2, 0) is 30.5 Å². The van der Waals surface area contributed by atoms with Gasteiger partial charge in [-0.1, -0.05) is 12.1 Å². The van der Waals surface area contributed by atoms with E-state index in [0.29, 0.717) is 122 Å². The van der Waals surface area contributed by atoms with Crippen LogP contribution in [0.5, 0.6) is 0 Å². The summed E-state index contributed by atoms with van der Waals surface area (Å²) in [6, 6.07) is 10.2. The van der Waals surface area contributed by atoms with Gasteiger partial charge in [-0.05, 0) is 55.5 Å². The van der Waals surface area contributed by atoms with E-state index in [1.165, 1.54) is 6.26 Å². The summed E-state index contributed by atoms with van der Waals surface area (Å²) in [6.45, 7) is 7.10. The molecule has 8 rings (SSSR count). The number of oxazole rings is 1. The first-order valence-electron chi connectivity index (χ1n) is 20.9. The Hall–Kier alpha value is -6.34. The van der Waals surface area contributed by atoms with Crippen LogP contribution < -0.4 is 31.5 Å². The molecule has 6 heterocycles. The van der Waals surface area contributed by atoms with Gasteiger partial charge in [-0.25, -0.2) is 0 Å². The number of fused-ring (bicyclic) bond motifs is 1. The maximum Gasteiger partial charge on any atom is 0.298 e. The summed E-state index contributed by atoms with van der Waals surface area (Å²) in [5.74, 6) is -3.11. The van der Waals surface area contributed by atoms with Crippen LogP contribution >= 0.6 is 0 Å². The van der Waals surface area contributed by atoms with Crippen LogP contribution in [0.4, 0.5) is 23.1 Å². The first kappa shape index (κ1) is 41.4. The SMILES string of the molecule is NC(=O)C1CCN(c2cc(CN3CCN(C(=O)CCCNc4cccc5c4C(=O)N(C4CCC(=O)NC4=O)C5=O)CC3)ccc2NC(=O)c2coc(N3CCOCC3)n2)CC1. The van der Waals surface area contributed by atoms with E-state index in [1.54, 1.807) is 18.2 Å². The third-order valence-corrected chi connectivity index (χ3v) is 12.0. The predicted molar refractivity (Wildman–Crippen MR) is 221 cm³/mol. The molecule has 0 spiro atoms. The lowest BCUT2D eigenvalue weighted by Gasteiger charge is -2.36. The topological polar surface area (TPSA) is 233 Å². The smallest absolute Gasteiger partial charge is 0.298 e. The molecule has 4 saturated heterocycles. The molecule has 7 amide bonds. The van der Waals surface area contributed by atoms with Gasteiger partial charge in [-0.2, -0.15) is 4.98 Å². The summed E-state index contributed by atoms with van der Waals surface area (Å²) in [7, 11) is 0. The van der Waals surface area contributed by atoms with Crippen LogP contribution in [0.1, 0.15) is 75.3 Å². The van der Waals surface area contributed by atoms with Crippen molar-refractivity contribution in [2.24, 2.45) is 11.7 Å². The molecule has 19 heteroatoms. The van der Waals surface area contributed by atoms with Gasteiger partial charge >= 0.3 is 0 Å². The van der Waals surface area contributed by atoms with E-state index in [-0.39, 0.29) is 47.4 Å². The van der Waals surface area contributed by atoms with Crippen molar-refractivity contribution in [1.82, 2.24) is 25.0 Å². The second-order valence-corrected chi connectivity index (χ2v) is 15.9. The van der Waals surface area contributed by atoms with E-state index in [1.807, 2.05) is 21.9 Å². The largest absolute Gasteiger partial charge is 0.431 e. The van der Waals surface area contributed by atoms with Crippen molar-refractivity contribution in [3.63, 3.8) is 0 Å². The number of aromatic nitrogens is 1. The third kappa shape index (κ3) is 9.07. The minimum Gasteiger partial charge on any atom is -0.431 e. The van der Waals surface area contributed by atoms with Crippen LogP contribution in [0, 0.1) is 5.92 Å². The van der Waals surface area contributed by atoms with E-state index in [2.05, 4.69) is 36.8 Å². The molecule has 1 aromatic heterocycles. The van der Waals surface area contributed by atoms with Gasteiger partial charge < -0.3 is 40.2 Å². The Morgan fingerprint density at radius 1 is 0.869 bits per heavy atom. The number of benzene rings is 2. The number of amides is 7. The highest BCUT2D eigenvalue weighted by Crippen LogP contribution is 2.34. The molecule has 61 heavy (non-hydrogen) atoms. The van der Waals surface area contributed by atoms with Crippen LogP contribution in [-0.4, -0.2) is 139 Å². The summed E-state index contributed by atoms with van der Waals surface area (Å²) in [5.41, 5.74) is 9.13. The average Bonchev–Trinajstić information content (AvgIpc) is 3.87. The number of anilines is 4. The first-order chi connectivity index (χ1) is 29.5. The zero-order valence-electron chi connectivity index (χ0n) is 33.9. The maximum atomic E-state index is 13.4. The van der Waals surface area contributed by atoms with Gasteiger partial charge in [0.2, 0.25) is 23.6 Å². The molecule has 2 aromatic carbocycles. The number of nitrogens with one attached hydrogen (secondary N) is 3. The normalized spacial score (nSPS) is 20.2. The number of rotatable bonds is 13. The molecular weight excluding hydrogens is 789 g/mol. The lowest BCUT2D eigenvalue weighted by atomic mass is 9.95. The number of piperidine rings is 2. The van der Waals surface area contributed by atoms with Crippen molar-refractivity contribution >= 4 is 64.4 Å². The monoisotopic (exact) mass is 838 g/mol. The van der Waals surface area contributed by atoms with E-state index in [9.17, 15) is 33.6 Å². The number of imide groups is 2. The van der Waals surface area contributed by atoms with E-state index in [0.717, 1.165) is 16.2 Å². The molecule has 322 valence electrons. The second-order valence-electron chi connectivity index (χ2n) is 15.9. The zero-order valence-corrected chi connectivity index (χ0v) is 33.9. The van der Waals surface area contributed by atoms with E-state index >= 15 is 0 Å². The summed E-state index contributed by atoms with van der Waals surface area (Å²) in [6.07, 6.45) is 3.50. The van der Waals surface area contributed by atoms with Crippen LogP contribution in [0.3, 0.4) is 0 Å². The van der Waals surface area contributed by atoms with E-state index < -0.39 is 35.6 Å². The highest BCUT2D eigenvalue weighted by atomic mass is 16.5. The molecule has 5 N–H and O–H groups in total. The fourth-order valence-electron chi connectivity index (χ4n) is 8.60. The number of hydrogen-bond acceptors (Lipinski definition) is 14. The summed E-state index contributed by atoms with van der Waals surface area (Å²) in [4.78, 5) is 103. The van der Waals surface area contributed by atoms with Crippen LogP contribution in [0.15, 0.2) is 47.1 Å². The van der Waals surface area contributed by atoms with E-state index in [4.69, 9.17) is 14.9 Å². The molecule has 0 radical (unpaired) electrons. The number of hydrogen-bond donors (Lipinski definition) is 4. The Labute approximate surface area is 351 Å². The van der Waals surface area contributed by atoms with Gasteiger partial charge in [0.1, 0.15) is 12.3 Å². The van der Waals surface area contributed by atoms with Crippen molar-refractivity contribution in [1.29, 1.82) is 0 Å². The molecule has 3 aromatic rings. The number of carbonyl (C=O) groups excluding carboxylic acids is 7. The molecule has 0 saturated carbocycles. The number of primary amides is 1. The molecule has 1 atom stereocenters. The van der Waals surface area contributed by atoms with Crippen molar-refractivity contribution < 1.29 is 42.7 Å². The number of nitrogens with zero attached hydrogens (tertiary/aromatic N) is 6. The number of piperazine rings is 1. The van der Waals surface area contributed by atoms with Crippen molar-refractivity contribution in [3.05, 3.63) is 65.0 Å². The highest BCUT2D eigenvalue weighted by molar-refractivity contribution is 6.25. The average molecular weight is 839 g/mol.